The summed E-state index contributed by atoms with van der Waals surface area (Å²) < 4.78 is 46.6. The molecule has 11 heteroatoms. The minimum absolute atomic E-state index is 0.397. The van der Waals surface area contributed by atoms with Gasteiger partial charge in [-0.05, 0) is 4.92 Å². The van der Waals surface area contributed by atoms with Crippen LogP contribution in [0, 0.1) is 10.1 Å². The summed E-state index contributed by atoms with van der Waals surface area (Å²) in [6, 6.07) is 0. The van der Waals surface area contributed by atoms with E-state index in [1.807, 2.05) is 0 Å². The van der Waals surface area contributed by atoms with Crippen LogP contribution < -0.4 is 5.43 Å². The van der Waals surface area contributed by atoms with Crippen LogP contribution in [0.3, 0.4) is 0 Å². The fourth-order valence-corrected chi connectivity index (χ4v) is 1.93. The number of nitro groups is 1. The number of hydrogen-bond donors (Lipinski definition) is 1. The Labute approximate surface area is 96.6 Å². The molecule has 0 aliphatic rings. The van der Waals surface area contributed by atoms with Gasteiger partial charge in [0, 0.05) is 10.7 Å². The molecule has 0 fully saturated rings. The second kappa shape index (κ2) is 4.37. The molecule has 0 atom stereocenters. The quantitative estimate of drug-likeness (QED) is 0.509. The summed E-state index contributed by atoms with van der Waals surface area (Å²) >= 11 is 0. The van der Waals surface area contributed by atoms with E-state index in [0.29, 0.717) is 6.20 Å². The van der Waals surface area contributed by atoms with Gasteiger partial charge in [-0.3, -0.25) is 4.79 Å². The number of aromatic nitrogens is 1. The fourth-order valence-electron chi connectivity index (χ4n) is 1.05. The van der Waals surface area contributed by atoms with Crippen molar-refractivity contribution in [2.45, 2.75) is 11.3 Å². The van der Waals surface area contributed by atoms with E-state index in [2.05, 4.69) is 0 Å². The largest absolute Gasteiger partial charge is 0.358 e. The normalized spacial score (nSPS) is 11.8. The topological polar surface area (TPSA) is 110 Å². The highest BCUT2D eigenvalue weighted by Crippen LogP contribution is 2.25. The van der Waals surface area contributed by atoms with E-state index in [1.165, 1.54) is 0 Å². The second-order valence-corrected chi connectivity index (χ2v) is 5.27. The highest BCUT2D eigenvalue weighted by atomic mass is 35.7. The van der Waals surface area contributed by atoms with Crippen LogP contribution in [-0.4, -0.2) is 18.3 Å². The summed E-state index contributed by atoms with van der Waals surface area (Å²) in [5.74, 6) is -1.27. The molecule has 0 amide bonds. The molecular weight excluding hydrogens is 286 g/mol. The van der Waals surface area contributed by atoms with Gasteiger partial charge in [-0.1, -0.05) is 0 Å². The highest BCUT2D eigenvalue weighted by molar-refractivity contribution is 8.13. The van der Waals surface area contributed by atoms with Gasteiger partial charge in [-0.2, -0.15) is 0 Å². The van der Waals surface area contributed by atoms with Crippen molar-refractivity contribution in [1.82, 2.24) is 4.98 Å². The maximum atomic E-state index is 12.5. The Morgan fingerprint density at radius 3 is 2.35 bits per heavy atom. The Morgan fingerprint density at radius 2 is 2.00 bits per heavy atom. The molecule has 1 heterocycles. The molecule has 0 aliphatic heterocycles. The van der Waals surface area contributed by atoms with Gasteiger partial charge in [0.25, 0.3) is 15.5 Å². The van der Waals surface area contributed by atoms with Crippen LogP contribution in [0.5, 0.6) is 0 Å². The van der Waals surface area contributed by atoms with Crippen molar-refractivity contribution >= 4 is 25.6 Å². The van der Waals surface area contributed by atoms with Gasteiger partial charge in [0.15, 0.2) is 10.5 Å². The third kappa shape index (κ3) is 2.58. The average Bonchev–Trinajstić information content (AvgIpc) is 2.13. The average molecular weight is 289 g/mol. The van der Waals surface area contributed by atoms with Crippen molar-refractivity contribution in [3.05, 3.63) is 32.1 Å². The third-order valence-electron chi connectivity index (χ3n) is 1.73. The molecule has 0 saturated heterocycles. The van der Waals surface area contributed by atoms with E-state index in [1.54, 1.807) is 4.98 Å². The lowest BCUT2D eigenvalue weighted by atomic mass is 10.2. The molecule has 94 valence electrons. The van der Waals surface area contributed by atoms with E-state index < -0.39 is 42.1 Å². The number of alkyl halides is 2. The van der Waals surface area contributed by atoms with Gasteiger partial charge in [-0.25, -0.2) is 22.2 Å². The summed E-state index contributed by atoms with van der Waals surface area (Å²) in [4.78, 5) is 20.9. The highest BCUT2D eigenvalue weighted by Gasteiger charge is 2.30. The minimum Gasteiger partial charge on any atom is -0.358 e. The molecule has 7 nitrogen and oxygen atoms in total. The van der Waals surface area contributed by atoms with Gasteiger partial charge in [0.05, 0.1) is 0 Å². The fraction of sp³-hybridized carbons (Fsp3) is 0.167. The molecule has 1 rings (SSSR count). The van der Waals surface area contributed by atoms with Crippen LogP contribution in [0.1, 0.15) is 12.0 Å². The van der Waals surface area contributed by atoms with Crippen molar-refractivity contribution in [1.29, 1.82) is 0 Å². The van der Waals surface area contributed by atoms with Crippen LogP contribution in [0.15, 0.2) is 15.9 Å². The minimum atomic E-state index is -4.56. The Balaban J connectivity index is 3.74. The van der Waals surface area contributed by atoms with E-state index in [0.717, 1.165) is 0 Å². The van der Waals surface area contributed by atoms with E-state index in [-0.39, 0.29) is 0 Å². The summed E-state index contributed by atoms with van der Waals surface area (Å²) in [5, 5.41) is 10.4. The first-order chi connectivity index (χ1) is 7.66. The molecule has 0 saturated carbocycles. The van der Waals surface area contributed by atoms with Crippen molar-refractivity contribution in [3.8, 4) is 0 Å². The van der Waals surface area contributed by atoms with Crippen molar-refractivity contribution in [3.63, 3.8) is 0 Å². The van der Waals surface area contributed by atoms with Crippen molar-refractivity contribution in [2.24, 2.45) is 0 Å². The summed E-state index contributed by atoms with van der Waals surface area (Å²) in [6.07, 6.45) is -3.10. The predicted octanol–water partition coefficient (Wildman–Crippen LogP) is 1.15. The molecule has 17 heavy (non-hydrogen) atoms. The van der Waals surface area contributed by atoms with E-state index in [9.17, 15) is 32.1 Å². The maximum Gasteiger partial charge on any atom is 0.333 e. The smallest absolute Gasteiger partial charge is 0.333 e. The standard InChI is InChI=1S/C6H3ClF2N2O5S/c7-17(15,16)2-1-10-6(11(13)14)3(4(2)12)5(8)9/h1,5H,(H,10,12). The molecule has 0 aromatic carbocycles. The van der Waals surface area contributed by atoms with Gasteiger partial charge < -0.3 is 10.1 Å². The number of aromatic amines is 1. The zero-order chi connectivity index (χ0) is 13.4. The van der Waals surface area contributed by atoms with Gasteiger partial charge in [0.1, 0.15) is 6.20 Å². The second-order valence-electron chi connectivity index (χ2n) is 2.74. The predicted molar refractivity (Wildman–Crippen MR) is 51.7 cm³/mol. The summed E-state index contributed by atoms with van der Waals surface area (Å²) in [5.41, 5.74) is -3.24. The first-order valence-electron chi connectivity index (χ1n) is 3.79. The van der Waals surface area contributed by atoms with Gasteiger partial charge in [-0.15, -0.1) is 0 Å². The molecule has 0 spiro atoms. The maximum absolute atomic E-state index is 12.5. The number of rotatable bonds is 3. The summed E-state index contributed by atoms with van der Waals surface area (Å²) in [6.45, 7) is 0. The molecule has 0 aliphatic carbocycles. The Kier molecular flexibility index (Phi) is 3.48. The Morgan fingerprint density at radius 1 is 1.47 bits per heavy atom. The number of H-pyrrole nitrogens is 1. The van der Waals surface area contributed by atoms with E-state index >= 15 is 0 Å². The lowest BCUT2D eigenvalue weighted by molar-refractivity contribution is -0.391. The number of pyridine rings is 1. The lowest BCUT2D eigenvalue weighted by Gasteiger charge is -2.03. The van der Waals surface area contributed by atoms with Crippen LogP contribution in [0.2, 0.25) is 0 Å². The lowest BCUT2D eigenvalue weighted by Crippen LogP contribution is -2.19. The number of nitrogens with one attached hydrogen (secondary N) is 1. The van der Waals surface area contributed by atoms with Crippen molar-refractivity contribution < 1.29 is 22.1 Å². The third-order valence-corrected chi connectivity index (χ3v) is 3.05. The van der Waals surface area contributed by atoms with Gasteiger partial charge in [0.2, 0.25) is 5.43 Å². The number of hydrogen-bond acceptors (Lipinski definition) is 5. The van der Waals surface area contributed by atoms with Crippen LogP contribution >= 0.6 is 10.7 Å². The monoisotopic (exact) mass is 288 g/mol. The SMILES string of the molecule is O=c1c(S(=O)(=O)Cl)c[nH]c([N+](=O)[O-])c1C(F)F. The van der Waals surface area contributed by atoms with Gasteiger partial charge >= 0.3 is 5.82 Å². The van der Waals surface area contributed by atoms with Crippen LogP contribution in [0.25, 0.3) is 0 Å². The molecule has 1 aromatic rings. The summed E-state index contributed by atoms with van der Waals surface area (Å²) in [7, 11) is 0.250. The molecule has 1 N–H and O–H groups in total. The molecule has 0 unspecified atom stereocenters. The zero-order valence-electron chi connectivity index (χ0n) is 7.69. The first kappa shape index (κ1) is 13.5. The Hall–Kier alpha value is -1.55. The number of halogens is 3. The van der Waals surface area contributed by atoms with Crippen LogP contribution in [-0.2, 0) is 9.05 Å². The van der Waals surface area contributed by atoms with Crippen molar-refractivity contribution in [2.75, 3.05) is 0 Å². The molecule has 0 radical (unpaired) electrons. The first-order valence-corrected chi connectivity index (χ1v) is 6.10. The van der Waals surface area contributed by atoms with Crippen LogP contribution in [0.4, 0.5) is 14.6 Å². The molecule has 0 bridgehead atoms. The Bertz CT molecular complexity index is 626. The van der Waals surface area contributed by atoms with E-state index in [4.69, 9.17) is 10.7 Å². The molecular formula is C6H3ClF2N2O5S. The zero-order valence-corrected chi connectivity index (χ0v) is 9.26. The number of nitrogens with zero attached hydrogens (tertiary/aromatic N) is 1. The molecule has 1 aromatic heterocycles.